The second-order valence-corrected chi connectivity index (χ2v) is 10.1. The number of benzene rings is 3. The summed E-state index contributed by atoms with van der Waals surface area (Å²) < 4.78 is 26.3. The van der Waals surface area contributed by atoms with Crippen molar-refractivity contribution in [2.45, 2.75) is 18.3 Å². The van der Waals surface area contributed by atoms with Crippen molar-refractivity contribution in [3.05, 3.63) is 76.9 Å². The van der Waals surface area contributed by atoms with Crippen LogP contribution in [0.5, 0.6) is 0 Å². The molecule has 216 valence electrons. The molecule has 8 nitrogen and oxygen atoms in total. The molecular weight excluding hydrogens is 548 g/mol. The summed E-state index contributed by atoms with van der Waals surface area (Å²) >= 11 is 5.05. The number of ether oxygens (including phenoxy) is 4. The minimum Gasteiger partial charge on any atom is -0.396 e. The first kappa shape index (κ1) is 31.0. The SMILES string of the molecule is COCCOCCC1(CCOCCOC)c2ccccc2-c2ccc(-c3ccc(C=C(C#N)C#N)c(N=S)c3N)cc21. The van der Waals surface area contributed by atoms with E-state index in [2.05, 4.69) is 46.8 Å². The van der Waals surface area contributed by atoms with E-state index in [1.807, 2.05) is 18.2 Å². The third kappa shape index (κ3) is 6.42. The second-order valence-electron chi connectivity index (χ2n) is 9.94. The van der Waals surface area contributed by atoms with Crippen molar-refractivity contribution in [1.29, 1.82) is 10.5 Å². The van der Waals surface area contributed by atoms with Gasteiger partial charge in [0.05, 0.1) is 32.1 Å². The lowest BCUT2D eigenvalue weighted by atomic mass is 9.72. The zero-order valence-electron chi connectivity index (χ0n) is 23.9. The van der Waals surface area contributed by atoms with Crippen molar-refractivity contribution in [2.75, 3.05) is 59.6 Å². The van der Waals surface area contributed by atoms with E-state index in [0.29, 0.717) is 56.6 Å². The summed E-state index contributed by atoms with van der Waals surface area (Å²) in [7, 11) is 3.33. The number of hydrogen-bond donors (Lipinski definition) is 1. The molecule has 4 rings (SSSR count). The Hall–Kier alpha value is -3.96. The molecular formula is C33H34N4O4S. The molecule has 0 saturated carbocycles. The quantitative estimate of drug-likeness (QED) is 0.130. The highest BCUT2D eigenvalue weighted by atomic mass is 32.1. The maximum absolute atomic E-state index is 9.22. The van der Waals surface area contributed by atoms with Crippen LogP contribution in [0.25, 0.3) is 28.3 Å². The topological polar surface area (TPSA) is 123 Å². The molecule has 2 N–H and O–H groups in total. The number of rotatable bonds is 15. The van der Waals surface area contributed by atoms with Crippen LogP contribution in [0.3, 0.4) is 0 Å². The lowest BCUT2D eigenvalue weighted by Crippen LogP contribution is -2.29. The van der Waals surface area contributed by atoms with E-state index in [9.17, 15) is 10.5 Å². The molecule has 3 aromatic carbocycles. The lowest BCUT2D eigenvalue weighted by molar-refractivity contribution is 0.0491. The summed E-state index contributed by atoms with van der Waals surface area (Å²) in [5.74, 6) is 0. The molecule has 0 unspecified atom stereocenters. The van der Waals surface area contributed by atoms with E-state index >= 15 is 0 Å². The Kier molecular flexibility index (Phi) is 10.9. The summed E-state index contributed by atoms with van der Waals surface area (Å²) in [4.78, 5) is 0. The number of anilines is 1. The van der Waals surface area contributed by atoms with Gasteiger partial charge in [0.25, 0.3) is 0 Å². The van der Waals surface area contributed by atoms with Crippen LogP contribution in [0.1, 0.15) is 29.5 Å². The second kappa shape index (κ2) is 14.8. The molecule has 42 heavy (non-hydrogen) atoms. The largest absolute Gasteiger partial charge is 0.396 e. The van der Waals surface area contributed by atoms with Crippen molar-refractivity contribution in [1.82, 2.24) is 0 Å². The van der Waals surface area contributed by atoms with Crippen LogP contribution >= 0.6 is 0 Å². The van der Waals surface area contributed by atoms with Gasteiger partial charge in [-0.25, -0.2) is 0 Å². The smallest absolute Gasteiger partial charge is 0.130 e. The van der Waals surface area contributed by atoms with Gasteiger partial charge in [-0.05, 0) is 52.8 Å². The summed E-state index contributed by atoms with van der Waals surface area (Å²) in [5, 5.41) is 18.4. The molecule has 0 aromatic heterocycles. The third-order valence-electron chi connectivity index (χ3n) is 7.67. The maximum atomic E-state index is 9.22. The van der Waals surface area contributed by atoms with Gasteiger partial charge in [0.2, 0.25) is 0 Å². The molecule has 0 radical (unpaired) electrons. The molecule has 0 saturated heterocycles. The van der Waals surface area contributed by atoms with Gasteiger partial charge in [0.1, 0.15) is 23.4 Å². The Morgan fingerprint density at radius 2 is 1.45 bits per heavy atom. The summed E-state index contributed by atoms with van der Waals surface area (Å²) in [6, 6.07) is 22.3. The molecule has 0 fully saturated rings. The molecule has 1 aliphatic carbocycles. The first-order valence-electron chi connectivity index (χ1n) is 13.7. The van der Waals surface area contributed by atoms with Gasteiger partial charge in [0.15, 0.2) is 0 Å². The van der Waals surface area contributed by atoms with Crippen LogP contribution in [0, 0.1) is 22.7 Å². The van der Waals surface area contributed by atoms with E-state index in [4.69, 9.17) is 37.1 Å². The number of fused-ring (bicyclic) bond motifs is 3. The minimum atomic E-state index is -0.348. The Morgan fingerprint density at radius 1 is 0.833 bits per heavy atom. The molecule has 0 aliphatic heterocycles. The fraction of sp³-hybridized carbons (Fsp3) is 0.333. The highest BCUT2D eigenvalue weighted by molar-refractivity contribution is 7.47. The zero-order chi connectivity index (χ0) is 30.0. The average Bonchev–Trinajstić information content (AvgIpc) is 3.28. The fourth-order valence-corrected chi connectivity index (χ4v) is 5.81. The van der Waals surface area contributed by atoms with Crippen LogP contribution < -0.4 is 5.73 Å². The van der Waals surface area contributed by atoms with Crippen LogP contribution in [0.15, 0.2) is 64.5 Å². The van der Waals surface area contributed by atoms with Gasteiger partial charge in [-0.3, -0.25) is 0 Å². The first-order valence-corrected chi connectivity index (χ1v) is 14.1. The Morgan fingerprint density at radius 3 is 2.07 bits per heavy atom. The summed E-state index contributed by atoms with van der Waals surface area (Å²) in [6.07, 6.45) is 2.96. The van der Waals surface area contributed by atoms with Gasteiger partial charge >= 0.3 is 0 Å². The molecule has 0 bridgehead atoms. The Labute approximate surface area is 252 Å². The molecule has 0 amide bonds. The number of nitrogens with two attached hydrogens (primary N) is 1. The number of allylic oxidation sites excluding steroid dienone is 1. The third-order valence-corrected chi connectivity index (χ3v) is 7.85. The van der Waals surface area contributed by atoms with E-state index in [-0.39, 0.29) is 11.0 Å². The first-order chi connectivity index (χ1) is 20.5. The average molecular weight is 583 g/mol. The Bertz CT molecular complexity index is 1510. The minimum absolute atomic E-state index is 0.0532. The van der Waals surface area contributed by atoms with Gasteiger partial charge in [-0.2, -0.15) is 14.9 Å². The lowest BCUT2D eigenvalue weighted by Gasteiger charge is -2.32. The fourth-order valence-electron chi connectivity index (χ4n) is 5.61. The van der Waals surface area contributed by atoms with Crippen molar-refractivity contribution in [3.63, 3.8) is 0 Å². The highest BCUT2D eigenvalue weighted by Crippen LogP contribution is 2.54. The predicted molar refractivity (Wildman–Crippen MR) is 166 cm³/mol. The standard InChI is InChI=1S/C33H34N4O4S/c1-38-15-17-40-13-11-33(12-14-41-18-16-39-2)29-6-4-3-5-27(29)28-10-7-24(20-30(28)33)26-9-8-25(19-23(21-34)22-35)32(37-42)31(26)36/h3-10,19-20H,11-18,36H2,1-2H3. The highest BCUT2D eigenvalue weighted by Gasteiger charge is 2.42. The number of nitrogen functional groups attached to an aromatic ring is 1. The summed E-state index contributed by atoms with van der Waals surface area (Å²) in [6.45, 7) is 3.24. The molecule has 0 heterocycles. The molecule has 1 aliphatic rings. The zero-order valence-corrected chi connectivity index (χ0v) is 24.7. The van der Waals surface area contributed by atoms with E-state index in [1.165, 1.54) is 28.3 Å². The van der Waals surface area contributed by atoms with Crippen molar-refractivity contribution in [2.24, 2.45) is 4.36 Å². The number of methoxy groups -OCH3 is 2. The monoisotopic (exact) mass is 582 g/mol. The van der Waals surface area contributed by atoms with E-state index < -0.39 is 0 Å². The molecule has 0 spiro atoms. The normalized spacial score (nSPS) is 12.6. The van der Waals surface area contributed by atoms with E-state index in [1.54, 1.807) is 20.3 Å². The molecule has 0 atom stereocenters. The van der Waals surface area contributed by atoms with Crippen molar-refractivity contribution < 1.29 is 18.9 Å². The van der Waals surface area contributed by atoms with Gasteiger partial charge in [-0.1, -0.05) is 48.5 Å². The predicted octanol–water partition coefficient (Wildman–Crippen LogP) is 6.10. The number of nitriles is 2. The van der Waals surface area contributed by atoms with Crippen LogP contribution in [0.2, 0.25) is 0 Å². The molecule has 9 heteroatoms. The van der Waals surface area contributed by atoms with Crippen LogP contribution in [-0.4, -0.2) is 53.9 Å². The van der Waals surface area contributed by atoms with Crippen molar-refractivity contribution >= 4 is 29.9 Å². The van der Waals surface area contributed by atoms with Gasteiger partial charge in [-0.15, -0.1) is 0 Å². The summed E-state index contributed by atoms with van der Waals surface area (Å²) in [5.41, 5.74) is 14.0. The van der Waals surface area contributed by atoms with Gasteiger partial charge in [0, 0.05) is 56.4 Å². The van der Waals surface area contributed by atoms with Crippen molar-refractivity contribution in [3.8, 4) is 34.4 Å². The van der Waals surface area contributed by atoms with Crippen LogP contribution in [-0.2, 0) is 36.8 Å². The molecule has 3 aromatic rings. The van der Waals surface area contributed by atoms with E-state index in [0.717, 1.165) is 24.0 Å². The number of nitrogens with zero attached hydrogens (tertiary/aromatic N) is 3. The maximum Gasteiger partial charge on any atom is 0.130 e. The Balaban J connectivity index is 1.80. The van der Waals surface area contributed by atoms with Gasteiger partial charge < -0.3 is 24.7 Å². The van der Waals surface area contributed by atoms with Crippen LogP contribution in [0.4, 0.5) is 11.4 Å². The number of hydrogen-bond acceptors (Lipinski definition) is 9.